The molecule has 1 aliphatic heterocycles. The topological polar surface area (TPSA) is 62.6 Å². The van der Waals surface area contributed by atoms with Crippen molar-refractivity contribution in [2.75, 3.05) is 17.5 Å². The van der Waals surface area contributed by atoms with Gasteiger partial charge >= 0.3 is 0 Å². The number of furan rings is 1. The molecule has 2 aromatic carbocycles. The summed E-state index contributed by atoms with van der Waals surface area (Å²) in [4.78, 5) is 2.58. The summed E-state index contributed by atoms with van der Waals surface area (Å²) in [5, 5.41) is 1.16. The normalized spacial score (nSPS) is 24.8. The van der Waals surface area contributed by atoms with Crippen LogP contribution in [0.2, 0.25) is 0 Å². The highest BCUT2D eigenvalue weighted by Crippen LogP contribution is 2.47. The number of para-hydroxylation sites is 1. The number of hydrogen-bond acceptors (Lipinski definition) is 4. The highest BCUT2D eigenvalue weighted by Gasteiger charge is 2.43. The van der Waals surface area contributed by atoms with Crippen LogP contribution in [-0.4, -0.2) is 32.2 Å². The standard InChI is InChI=1S/C24H28N2O3S/c1-30(27,28)25-20-8-4-7-19(15-20)24-11-5-9-21(16-24)26(13-12-24)17-22-14-18-6-2-3-10-23(18)29-22/h2-4,6-8,10,14-15,21,25H,5,9,11-13,16-17H2,1H3. The number of benzene rings is 2. The Bertz CT molecular complexity index is 1140. The second-order valence-corrected chi connectivity index (χ2v) is 10.7. The number of sulfonamides is 1. The molecule has 2 unspecified atom stereocenters. The summed E-state index contributed by atoms with van der Waals surface area (Å²) in [6.45, 7) is 1.89. The minimum atomic E-state index is -3.27. The van der Waals surface area contributed by atoms with E-state index in [4.69, 9.17) is 4.42 Å². The first-order chi connectivity index (χ1) is 14.4. The Morgan fingerprint density at radius 1 is 1.13 bits per heavy atom. The van der Waals surface area contributed by atoms with Gasteiger partial charge in [0.15, 0.2) is 0 Å². The molecule has 5 rings (SSSR count). The molecule has 1 aromatic heterocycles. The molecule has 5 nitrogen and oxygen atoms in total. The van der Waals surface area contributed by atoms with E-state index in [1.54, 1.807) is 0 Å². The van der Waals surface area contributed by atoms with Crippen LogP contribution >= 0.6 is 0 Å². The number of rotatable bonds is 5. The molecule has 1 saturated carbocycles. The molecule has 2 bridgehead atoms. The van der Waals surface area contributed by atoms with Crippen LogP contribution in [0.1, 0.15) is 43.4 Å². The lowest BCUT2D eigenvalue weighted by molar-refractivity contribution is 0.0416. The number of piperidine rings is 1. The highest BCUT2D eigenvalue weighted by molar-refractivity contribution is 7.92. The Labute approximate surface area is 178 Å². The van der Waals surface area contributed by atoms with Gasteiger partial charge in [0.2, 0.25) is 10.0 Å². The third kappa shape index (κ3) is 3.86. The van der Waals surface area contributed by atoms with Crippen LogP contribution in [0.25, 0.3) is 11.0 Å². The zero-order chi connectivity index (χ0) is 20.8. The van der Waals surface area contributed by atoms with Gasteiger partial charge in [-0.1, -0.05) is 36.8 Å². The third-order valence-corrected chi connectivity index (χ3v) is 7.43. The minimum absolute atomic E-state index is 0.141. The molecule has 1 N–H and O–H groups in total. The summed E-state index contributed by atoms with van der Waals surface area (Å²) in [6, 6.07) is 18.9. The molecule has 2 fully saturated rings. The van der Waals surface area contributed by atoms with Crippen LogP contribution in [0, 0.1) is 0 Å². The fraction of sp³-hybridized carbons (Fsp3) is 0.417. The van der Waals surface area contributed by atoms with Crippen LogP contribution in [-0.2, 0) is 22.0 Å². The number of nitrogens with zero attached hydrogens (tertiary/aromatic N) is 1. The van der Waals surface area contributed by atoms with Gasteiger partial charge in [0, 0.05) is 17.1 Å². The molecule has 0 amide bonds. The maximum atomic E-state index is 11.7. The monoisotopic (exact) mass is 424 g/mol. The minimum Gasteiger partial charge on any atom is -0.460 e. The van der Waals surface area contributed by atoms with E-state index in [1.165, 1.54) is 31.1 Å². The Morgan fingerprint density at radius 3 is 2.83 bits per heavy atom. The van der Waals surface area contributed by atoms with Crippen molar-refractivity contribution in [1.82, 2.24) is 4.90 Å². The van der Waals surface area contributed by atoms with E-state index in [1.807, 2.05) is 36.4 Å². The van der Waals surface area contributed by atoms with E-state index in [0.29, 0.717) is 11.7 Å². The van der Waals surface area contributed by atoms with Crippen molar-refractivity contribution in [3.05, 3.63) is 65.9 Å². The summed E-state index contributed by atoms with van der Waals surface area (Å²) in [6.07, 6.45) is 6.99. The summed E-state index contributed by atoms with van der Waals surface area (Å²) < 4.78 is 32.0. The lowest BCUT2D eigenvalue weighted by Gasteiger charge is -2.50. The molecule has 0 radical (unpaired) electrons. The van der Waals surface area contributed by atoms with Gasteiger partial charge in [-0.05, 0) is 67.5 Å². The first-order valence-electron chi connectivity index (χ1n) is 10.7. The van der Waals surface area contributed by atoms with Gasteiger partial charge in [0.05, 0.1) is 12.8 Å². The van der Waals surface area contributed by atoms with E-state index >= 15 is 0 Å². The predicted octanol–water partition coefficient (Wildman–Crippen LogP) is 4.89. The van der Waals surface area contributed by atoms with Crippen molar-refractivity contribution in [1.29, 1.82) is 0 Å². The molecule has 30 heavy (non-hydrogen) atoms. The van der Waals surface area contributed by atoms with Crippen LogP contribution in [0.5, 0.6) is 0 Å². The fourth-order valence-electron chi connectivity index (χ4n) is 5.47. The average Bonchev–Trinajstić information content (AvgIpc) is 3.12. The zero-order valence-corrected chi connectivity index (χ0v) is 18.1. The summed E-state index contributed by atoms with van der Waals surface area (Å²) in [7, 11) is -3.27. The number of likely N-dealkylation sites (tertiary alicyclic amines) is 1. The Hall–Kier alpha value is -2.31. The number of anilines is 1. The van der Waals surface area contributed by atoms with E-state index < -0.39 is 10.0 Å². The zero-order valence-electron chi connectivity index (χ0n) is 17.3. The molecule has 2 aliphatic rings. The maximum absolute atomic E-state index is 11.7. The fourth-order valence-corrected chi connectivity index (χ4v) is 6.02. The van der Waals surface area contributed by atoms with E-state index in [-0.39, 0.29) is 5.41 Å². The summed E-state index contributed by atoms with van der Waals surface area (Å²) >= 11 is 0. The van der Waals surface area contributed by atoms with Gasteiger partial charge in [-0.25, -0.2) is 8.42 Å². The molecule has 158 valence electrons. The Morgan fingerprint density at radius 2 is 2.00 bits per heavy atom. The first-order valence-corrected chi connectivity index (χ1v) is 12.6. The SMILES string of the molecule is CS(=O)(=O)Nc1cccc(C23CCCC(C2)N(Cc2cc4ccccc4o2)CC3)c1. The van der Waals surface area contributed by atoms with Crippen LogP contribution in [0.4, 0.5) is 5.69 Å². The number of nitrogens with one attached hydrogen (secondary N) is 1. The first kappa shape index (κ1) is 19.6. The second kappa shape index (κ2) is 7.43. The largest absolute Gasteiger partial charge is 0.460 e. The predicted molar refractivity (Wildman–Crippen MR) is 120 cm³/mol. The van der Waals surface area contributed by atoms with Gasteiger partial charge in [-0.2, -0.15) is 0 Å². The lowest BCUT2D eigenvalue weighted by atomic mass is 9.63. The molecule has 6 heteroatoms. The maximum Gasteiger partial charge on any atom is 0.229 e. The van der Waals surface area contributed by atoms with Gasteiger partial charge < -0.3 is 4.42 Å². The smallest absolute Gasteiger partial charge is 0.229 e. The number of hydrogen-bond donors (Lipinski definition) is 1. The van der Waals surface area contributed by atoms with Gasteiger partial charge in [0.1, 0.15) is 11.3 Å². The molecule has 2 atom stereocenters. The highest BCUT2D eigenvalue weighted by atomic mass is 32.2. The second-order valence-electron chi connectivity index (χ2n) is 8.96. The Kier molecular flexibility index (Phi) is 4.86. The number of fused-ring (bicyclic) bond motifs is 3. The molecule has 3 aromatic rings. The van der Waals surface area contributed by atoms with E-state index in [2.05, 4.69) is 27.8 Å². The summed E-state index contributed by atoms with van der Waals surface area (Å²) in [5.41, 5.74) is 3.03. The molecular weight excluding hydrogens is 396 g/mol. The average molecular weight is 425 g/mol. The van der Waals surface area contributed by atoms with Crippen LogP contribution in [0.3, 0.4) is 0 Å². The van der Waals surface area contributed by atoms with Crippen molar-refractivity contribution in [3.63, 3.8) is 0 Å². The summed E-state index contributed by atoms with van der Waals surface area (Å²) in [5.74, 6) is 1.04. The van der Waals surface area contributed by atoms with Gasteiger partial charge in [-0.15, -0.1) is 0 Å². The van der Waals surface area contributed by atoms with Crippen molar-refractivity contribution in [2.45, 2.75) is 50.1 Å². The van der Waals surface area contributed by atoms with E-state index in [0.717, 1.165) is 42.7 Å². The van der Waals surface area contributed by atoms with Crippen molar-refractivity contribution < 1.29 is 12.8 Å². The van der Waals surface area contributed by atoms with Crippen LogP contribution < -0.4 is 4.72 Å². The van der Waals surface area contributed by atoms with Crippen LogP contribution in [0.15, 0.2) is 59.0 Å². The van der Waals surface area contributed by atoms with Crippen molar-refractivity contribution >= 4 is 26.7 Å². The van der Waals surface area contributed by atoms with Crippen molar-refractivity contribution in [2.24, 2.45) is 0 Å². The molecule has 0 spiro atoms. The molecule has 1 saturated heterocycles. The third-order valence-electron chi connectivity index (χ3n) is 6.83. The molecular formula is C24H28N2O3S. The van der Waals surface area contributed by atoms with E-state index in [9.17, 15) is 8.42 Å². The lowest BCUT2D eigenvalue weighted by Crippen LogP contribution is -2.51. The van der Waals surface area contributed by atoms with Gasteiger partial charge in [0.25, 0.3) is 0 Å². The quantitative estimate of drug-likeness (QED) is 0.633. The Balaban J connectivity index is 1.35. The van der Waals surface area contributed by atoms with Gasteiger partial charge in [-0.3, -0.25) is 9.62 Å². The molecule has 1 aliphatic carbocycles. The van der Waals surface area contributed by atoms with Crippen molar-refractivity contribution in [3.8, 4) is 0 Å². The molecule has 2 heterocycles.